The van der Waals surface area contributed by atoms with E-state index in [2.05, 4.69) is 109 Å². The summed E-state index contributed by atoms with van der Waals surface area (Å²) in [6, 6.07) is 48.2. The Labute approximate surface area is 256 Å². The molecule has 5 heteroatoms. The van der Waals surface area contributed by atoms with Gasteiger partial charge in [-0.05, 0) is 64.2 Å². The highest BCUT2D eigenvalue weighted by Gasteiger charge is 2.15. The van der Waals surface area contributed by atoms with Crippen molar-refractivity contribution < 1.29 is 4.42 Å². The van der Waals surface area contributed by atoms with Crippen LogP contribution in [0.4, 0.5) is 0 Å². The molecule has 44 heavy (non-hydrogen) atoms. The lowest BCUT2D eigenvalue weighted by Crippen LogP contribution is -2.00. The number of rotatable bonds is 4. The molecule has 0 aliphatic carbocycles. The Hall–Kier alpha value is -5.65. The smallest absolute Gasteiger partial charge is 0.164 e. The lowest BCUT2D eigenvalue weighted by atomic mass is 10.1. The Balaban J connectivity index is 1.19. The summed E-state index contributed by atoms with van der Waals surface area (Å²) in [7, 11) is 0. The monoisotopic (exact) mass is 581 g/mol. The standard InChI is InChI=1S/C39H23N3OS/c1-2-8-27-21-29(18-13-24(27)7-1)38-40-37(26-16-14-25(15-17-26)36-23-28-9-3-6-12-35(28)44-36)41-39(42-38)30-19-20-34-32(22-30)31-10-4-5-11-33(31)43-34/h1-23H. The van der Waals surface area contributed by atoms with Gasteiger partial charge in [-0.15, -0.1) is 11.3 Å². The van der Waals surface area contributed by atoms with E-state index in [9.17, 15) is 0 Å². The molecule has 0 N–H and O–H groups in total. The number of thiophene rings is 1. The van der Waals surface area contributed by atoms with Crippen LogP contribution in [0.5, 0.6) is 0 Å². The molecule has 0 saturated carbocycles. The minimum absolute atomic E-state index is 0.624. The number of aromatic nitrogens is 3. The van der Waals surface area contributed by atoms with E-state index in [4.69, 9.17) is 19.4 Å². The van der Waals surface area contributed by atoms with Gasteiger partial charge in [0, 0.05) is 37.0 Å². The molecular weight excluding hydrogens is 559 g/mol. The summed E-state index contributed by atoms with van der Waals surface area (Å²) in [6.07, 6.45) is 0. The number of furan rings is 1. The molecule has 9 aromatic rings. The molecule has 0 saturated heterocycles. The fraction of sp³-hybridized carbons (Fsp3) is 0. The Morgan fingerprint density at radius 2 is 1.00 bits per heavy atom. The number of para-hydroxylation sites is 1. The van der Waals surface area contributed by atoms with Gasteiger partial charge in [0.1, 0.15) is 11.2 Å². The van der Waals surface area contributed by atoms with E-state index in [1.165, 1.54) is 25.9 Å². The lowest BCUT2D eigenvalue weighted by molar-refractivity contribution is 0.669. The van der Waals surface area contributed by atoms with Crippen molar-refractivity contribution in [2.24, 2.45) is 0 Å². The zero-order valence-corrected chi connectivity index (χ0v) is 24.3. The van der Waals surface area contributed by atoms with Gasteiger partial charge in [0.25, 0.3) is 0 Å². The van der Waals surface area contributed by atoms with Crippen LogP contribution in [0.2, 0.25) is 0 Å². The van der Waals surface area contributed by atoms with Crippen molar-refractivity contribution in [1.29, 1.82) is 0 Å². The van der Waals surface area contributed by atoms with Gasteiger partial charge in [-0.2, -0.15) is 0 Å². The summed E-state index contributed by atoms with van der Waals surface area (Å²) in [4.78, 5) is 16.3. The maximum Gasteiger partial charge on any atom is 0.164 e. The van der Waals surface area contributed by atoms with E-state index in [0.717, 1.165) is 44.0 Å². The van der Waals surface area contributed by atoms with Crippen LogP contribution in [0.1, 0.15) is 0 Å². The largest absolute Gasteiger partial charge is 0.456 e. The molecule has 9 rings (SSSR count). The third-order valence-electron chi connectivity index (χ3n) is 8.13. The second-order valence-electron chi connectivity index (χ2n) is 10.9. The summed E-state index contributed by atoms with van der Waals surface area (Å²) in [5.41, 5.74) is 5.69. The van der Waals surface area contributed by atoms with Crippen molar-refractivity contribution in [3.05, 3.63) is 140 Å². The van der Waals surface area contributed by atoms with Gasteiger partial charge in [-0.1, -0.05) is 97.1 Å². The molecule has 3 heterocycles. The SMILES string of the molecule is c1ccc2cc(-c3nc(-c4ccc(-c5cc6ccccc6s5)cc4)nc(-c4ccc5oc6ccccc6c5c4)n3)ccc2c1. The first-order chi connectivity index (χ1) is 21.7. The number of fused-ring (bicyclic) bond motifs is 5. The third-order valence-corrected chi connectivity index (χ3v) is 9.30. The van der Waals surface area contributed by atoms with Gasteiger partial charge in [-0.25, -0.2) is 15.0 Å². The van der Waals surface area contributed by atoms with Gasteiger partial charge in [0.2, 0.25) is 0 Å². The highest BCUT2D eigenvalue weighted by Crippen LogP contribution is 2.36. The van der Waals surface area contributed by atoms with Crippen LogP contribution in [0.15, 0.2) is 144 Å². The summed E-state index contributed by atoms with van der Waals surface area (Å²) in [5, 5.41) is 5.71. The highest BCUT2D eigenvalue weighted by molar-refractivity contribution is 7.22. The Morgan fingerprint density at radius 1 is 0.409 bits per heavy atom. The molecule has 0 radical (unpaired) electrons. The second kappa shape index (κ2) is 9.97. The fourth-order valence-electron chi connectivity index (χ4n) is 5.86. The Bertz CT molecular complexity index is 2480. The molecule has 0 bridgehead atoms. The van der Waals surface area contributed by atoms with Gasteiger partial charge < -0.3 is 4.42 Å². The molecule has 206 valence electrons. The first kappa shape index (κ1) is 24.9. The minimum atomic E-state index is 0.624. The third kappa shape index (κ3) is 4.25. The van der Waals surface area contributed by atoms with Crippen LogP contribution in [0, 0.1) is 0 Å². The zero-order chi connectivity index (χ0) is 29.0. The van der Waals surface area contributed by atoms with Gasteiger partial charge in [0.05, 0.1) is 0 Å². The molecule has 0 spiro atoms. The average Bonchev–Trinajstić information content (AvgIpc) is 3.69. The van der Waals surface area contributed by atoms with E-state index >= 15 is 0 Å². The van der Waals surface area contributed by atoms with E-state index in [1.807, 2.05) is 30.3 Å². The fourth-order valence-corrected chi connectivity index (χ4v) is 6.93. The van der Waals surface area contributed by atoms with Crippen LogP contribution < -0.4 is 0 Å². The Morgan fingerprint density at radius 3 is 1.82 bits per heavy atom. The first-order valence-electron chi connectivity index (χ1n) is 14.5. The minimum Gasteiger partial charge on any atom is -0.456 e. The van der Waals surface area contributed by atoms with E-state index in [-0.39, 0.29) is 0 Å². The maximum absolute atomic E-state index is 6.08. The highest BCUT2D eigenvalue weighted by atomic mass is 32.1. The van der Waals surface area contributed by atoms with Crippen molar-refractivity contribution in [1.82, 2.24) is 15.0 Å². The van der Waals surface area contributed by atoms with Crippen LogP contribution in [0.3, 0.4) is 0 Å². The predicted octanol–water partition coefficient (Wildman–Crippen LogP) is 10.8. The molecule has 6 aromatic carbocycles. The van der Waals surface area contributed by atoms with Crippen molar-refractivity contribution in [3.8, 4) is 44.6 Å². The van der Waals surface area contributed by atoms with Crippen molar-refractivity contribution in [2.75, 3.05) is 0 Å². The summed E-state index contributed by atoms with van der Waals surface area (Å²) >= 11 is 1.81. The molecule has 0 unspecified atom stereocenters. The predicted molar refractivity (Wildman–Crippen MR) is 182 cm³/mol. The average molecular weight is 582 g/mol. The first-order valence-corrected chi connectivity index (χ1v) is 15.3. The van der Waals surface area contributed by atoms with Gasteiger partial charge in [-0.3, -0.25) is 0 Å². The van der Waals surface area contributed by atoms with Gasteiger partial charge in [0.15, 0.2) is 17.5 Å². The summed E-state index contributed by atoms with van der Waals surface area (Å²) < 4.78 is 7.37. The van der Waals surface area contributed by atoms with Crippen LogP contribution in [-0.2, 0) is 0 Å². The number of hydrogen-bond acceptors (Lipinski definition) is 5. The number of benzene rings is 6. The molecule has 0 fully saturated rings. The molecule has 3 aromatic heterocycles. The molecule has 0 atom stereocenters. The van der Waals surface area contributed by atoms with Crippen LogP contribution in [-0.4, -0.2) is 15.0 Å². The van der Waals surface area contributed by atoms with Gasteiger partial charge >= 0.3 is 0 Å². The van der Waals surface area contributed by atoms with E-state index < -0.39 is 0 Å². The molecule has 0 aliphatic rings. The van der Waals surface area contributed by atoms with E-state index in [0.29, 0.717) is 17.5 Å². The number of hydrogen-bond donors (Lipinski definition) is 0. The zero-order valence-electron chi connectivity index (χ0n) is 23.4. The van der Waals surface area contributed by atoms with Crippen LogP contribution in [0.25, 0.3) is 87.4 Å². The second-order valence-corrected chi connectivity index (χ2v) is 12.0. The molecule has 4 nitrogen and oxygen atoms in total. The Kier molecular flexibility index (Phi) is 5.64. The quantitative estimate of drug-likeness (QED) is 0.207. The summed E-state index contributed by atoms with van der Waals surface area (Å²) in [5.74, 6) is 1.90. The maximum atomic E-state index is 6.08. The van der Waals surface area contributed by atoms with E-state index in [1.54, 1.807) is 11.3 Å². The molecule has 0 amide bonds. The summed E-state index contributed by atoms with van der Waals surface area (Å²) in [6.45, 7) is 0. The van der Waals surface area contributed by atoms with Crippen molar-refractivity contribution in [3.63, 3.8) is 0 Å². The van der Waals surface area contributed by atoms with Crippen molar-refractivity contribution >= 4 is 54.1 Å². The van der Waals surface area contributed by atoms with Crippen LogP contribution >= 0.6 is 11.3 Å². The normalized spacial score (nSPS) is 11.6. The number of nitrogens with zero attached hydrogens (tertiary/aromatic N) is 3. The molecule has 0 aliphatic heterocycles. The lowest BCUT2D eigenvalue weighted by Gasteiger charge is -2.10. The topological polar surface area (TPSA) is 51.8 Å². The van der Waals surface area contributed by atoms with Crippen molar-refractivity contribution in [2.45, 2.75) is 0 Å². The molecular formula is C39H23N3OS.